The van der Waals surface area contributed by atoms with Crippen molar-refractivity contribution in [3.05, 3.63) is 63.9 Å². The predicted molar refractivity (Wildman–Crippen MR) is 93.2 cm³/mol. The van der Waals surface area contributed by atoms with Gasteiger partial charge in [0.05, 0.1) is 18.0 Å². The lowest BCUT2D eigenvalue weighted by molar-refractivity contribution is -0.144. The van der Waals surface area contributed by atoms with Crippen molar-refractivity contribution in [2.45, 2.75) is 13.0 Å². The first-order valence-corrected chi connectivity index (χ1v) is 7.75. The molecule has 3 rings (SSSR count). The van der Waals surface area contributed by atoms with E-state index in [0.29, 0.717) is 27.3 Å². The fraction of sp³-hybridized carbons (Fsp3) is 0.167. The highest BCUT2D eigenvalue weighted by Crippen LogP contribution is 2.23. The van der Waals surface area contributed by atoms with Crippen LogP contribution in [0.25, 0.3) is 22.3 Å². The Balaban J connectivity index is 2.35. The Labute approximate surface area is 143 Å². The van der Waals surface area contributed by atoms with Crippen molar-refractivity contribution < 1.29 is 9.53 Å². The summed E-state index contributed by atoms with van der Waals surface area (Å²) in [5, 5.41) is 1.03. The minimum atomic E-state index is -0.801. The molecule has 0 aliphatic rings. The Hall–Kier alpha value is -2.66. The van der Waals surface area contributed by atoms with Crippen molar-refractivity contribution in [2.24, 2.45) is 0 Å². The molecule has 0 spiro atoms. The van der Waals surface area contributed by atoms with Crippen molar-refractivity contribution in [3.63, 3.8) is 0 Å². The van der Waals surface area contributed by atoms with Gasteiger partial charge in [-0.1, -0.05) is 23.7 Å². The molecule has 0 N–H and O–H groups in total. The molecule has 122 valence electrons. The number of benzene rings is 2. The molecule has 5 nitrogen and oxygen atoms in total. The van der Waals surface area contributed by atoms with Gasteiger partial charge in [-0.05, 0) is 43.3 Å². The number of fused-ring (bicyclic) bond motifs is 1. The first-order valence-electron chi connectivity index (χ1n) is 7.38. The molecular weight excluding hydrogens is 328 g/mol. The predicted octanol–water partition coefficient (Wildman–Crippen LogP) is 3.45. The van der Waals surface area contributed by atoms with Gasteiger partial charge in [-0.15, -0.1) is 0 Å². The standard InChI is InChI=1S/C18H15ClN2O3/c1-11(18(23)24-2)21-16(12-7-9-13(19)10-8-12)20-15-6-4-3-5-14(15)17(21)22/h3-11H,1-2H3. The van der Waals surface area contributed by atoms with E-state index in [1.165, 1.54) is 11.7 Å². The molecule has 6 heteroatoms. The molecule has 1 heterocycles. The second-order valence-corrected chi connectivity index (χ2v) is 5.77. The van der Waals surface area contributed by atoms with Crippen LogP contribution >= 0.6 is 11.6 Å². The third kappa shape index (κ3) is 2.78. The highest BCUT2D eigenvalue weighted by Gasteiger charge is 2.23. The van der Waals surface area contributed by atoms with Crippen LogP contribution in [0.3, 0.4) is 0 Å². The number of nitrogens with zero attached hydrogens (tertiary/aromatic N) is 2. The molecule has 0 radical (unpaired) electrons. The minimum absolute atomic E-state index is 0.288. The second-order valence-electron chi connectivity index (χ2n) is 5.33. The van der Waals surface area contributed by atoms with Gasteiger partial charge in [0.25, 0.3) is 5.56 Å². The van der Waals surface area contributed by atoms with E-state index in [0.717, 1.165) is 0 Å². The fourth-order valence-electron chi connectivity index (χ4n) is 2.58. The van der Waals surface area contributed by atoms with E-state index in [1.54, 1.807) is 49.4 Å². The summed E-state index contributed by atoms with van der Waals surface area (Å²) < 4.78 is 6.15. The molecule has 1 aromatic heterocycles. The average Bonchev–Trinajstić information content (AvgIpc) is 2.61. The molecule has 0 fully saturated rings. The molecule has 0 amide bonds. The number of carbonyl (C=O) groups excluding carboxylic acids is 1. The summed E-state index contributed by atoms with van der Waals surface area (Å²) in [6.45, 7) is 1.61. The van der Waals surface area contributed by atoms with E-state index < -0.39 is 12.0 Å². The number of hydrogen-bond acceptors (Lipinski definition) is 4. The molecule has 0 saturated heterocycles. The largest absolute Gasteiger partial charge is 0.467 e. The SMILES string of the molecule is COC(=O)C(C)n1c(-c2ccc(Cl)cc2)nc2ccccc2c1=O. The van der Waals surface area contributed by atoms with E-state index >= 15 is 0 Å². The Morgan fingerprint density at radius 1 is 1.17 bits per heavy atom. The zero-order chi connectivity index (χ0) is 17.3. The Morgan fingerprint density at radius 3 is 2.50 bits per heavy atom. The van der Waals surface area contributed by atoms with Gasteiger partial charge >= 0.3 is 5.97 Å². The van der Waals surface area contributed by atoms with Gasteiger partial charge in [0.2, 0.25) is 0 Å². The van der Waals surface area contributed by atoms with E-state index in [9.17, 15) is 9.59 Å². The van der Waals surface area contributed by atoms with Crippen molar-refractivity contribution in [1.29, 1.82) is 0 Å². The van der Waals surface area contributed by atoms with Gasteiger partial charge < -0.3 is 4.74 Å². The molecule has 0 bridgehead atoms. The van der Waals surface area contributed by atoms with Gasteiger partial charge in [0.15, 0.2) is 0 Å². The smallest absolute Gasteiger partial charge is 0.328 e. The Kier molecular flexibility index (Phi) is 4.36. The lowest BCUT2D eigenvalue weighted by atomic mass is 10.1. The number of para-hydroxylation sites is 1. The van der Waals surface area contributed by atoms with Gasteiger partial charge in [-0.25, -0.2) is 9.78 Å². The summed E-state index contributed by atoms with van der Waals surface area (Å²) in [6.07, 6.45) is 0. The third-order valence-corrected chi connectivity index (χ3v) is 4.09. The molecule has 24 heavy (non-hydrogen) atoms. The molecule has 0 saturated carbocycles. The zero-order valence-corrected chi connectivity index (χ0v) is 13.9. The van der Waals surface area contributed by atoms with Crippen LogP contribution in [0.4, 0.5) is 0 Å². The van der Waals surface area contributed by atoms with Crippen LogP contribution in [0.15, 0.2) is 53.3 Å². The summed E-state index contributed by atoms with van der Waals surface area (Å²) in [4.78, 5) is 29.5. The maximum absolute atomic E-state index is 12.9. The highest BCUT2D eigenvalue weighted by molar-refractivity contribution is 6.30. The molecule has 3 aromatic rings. The fourth-order valence-corrected chi connectivity index (χ4v) is 2.71. The summed E-state index contributed by atoms with van der Waals surface area (Å²) in [7, 11) is 1.29. The van der Waals surface area contributed by atoms with E-state index in [4.69, 9.17) is 16.3 Å². The van der Waals surface area contributed by atoms with Crippen molar-refractivity contribution >= 4 is 28.5 Å². The lowest BCUT2D eigenvalue weighted by Crippen LogP contribution is -2.31. The number of hydrogen-bond donors (Lipinski definition) is 0. The van der Waals surface area contributed by atoms with E-state index in [-0.39, 0.29) is 5.56 Å². The maximum atomic E-state index is 12.9. The summed E-state index contributed by atoms with van der Waals surface area (Å²) in [6, 6.07) is 13.2. The first-order chi connectivity index (χ1) is 11.5. The monoisotopic (exact) mass is 342 g/mol. The van der Waals surface area contributed by atoms with Crippen LogP contribution in [0, 0.1) is 0 Å². The lowest BCUT2D eigenvalue weighted by Gasteiger charge is -2.18. The van der Waals surface area contributed by atoms with Crippen molar-refractivity contribution in [3.8, 4) is 11.4 Å². The van der Waals surface area contributed by atoms with E-state index in [2.05, 4.69) is 4.98 Å². The number of methoxy groups -OCH3 is 1. The Bertz CT molecular complexity index is 964. The van der Waals surface area contributed by atoms with Gasteiger partial charge in [-0.2, -0.15) is 0 Å². The number of halogens is 1. The zero-order valence-electron chi connectivity index (χ0n) is 13.2. The van der Waals surface area contributed by atoms with Crippen LogP contribution in [0.5, 0.6) is 0 Å². The molecule has 0 aliphatic carbocycles. The summed E-state index contributed by atoms with van der Waals surface area (Å²) in [5.74, 6) is -0.113. The van der Waals surface area contributed by atoms with Gasteiger partial charge in [0.1, 0.15) is 11.9 Å². The second kappa shape index (κ2) is 6.45. The molecule has 1 unspecified atom stereocenters. The number of ether oxygens (including phenoxy) is 1. The molecule has 2 aromatic carbocycles. The molecule has 1 atom stereocenters. The number of aromatic nitrogens is 2. The van der Waals surface area contributed by atoms with Crippen LogP contribution in [-0.4, -0.2) is 22.6 Å². The van der Waals surface area contributed by atoms with Crippen molar-refractivity contribution in [1.82, 2.24) is 9.55 Å². The van der Waals surface area contributed by atoms with Crippen LogP contribution in [0.2, 0.25) is 5.02 Å². The molecule has 0 aliphatic heterocycles. The van der Waals surface area contributed by atoms with Crippen LogP contribution in [-0.2, 0) is 9.53 Å². The minimum Gasteiger partial charge on any atom is -0.467 e. The Morgan fingerprint density at radius 2 is 1.83 bits per heavy atom. The maximum Gasteiger partial charge on any atom is 0.328 e. The average molecular weight is 343 g/mol. The topological polar surface area (TPSA) is 61.2 Å². The normalized spacial score (nSPS) is 12.1. The van der Waals surface area contributed by atoms with E-state index in [1.807, 2.05) is 6.07 Å². The third-order valence-electron chi connectivity index (χ3n) is 3.84. The van der Waals surface area contributed by atoms with Crippen LogP contribution < -0.4 is 5.56 Å². The van der Waals surface area contributed by atoms with Crippen molar-refractivity contribution in [2.75, 3.05) is 7.11 Å². The number of esters is 1. The summed E-state index contributed by atoms with van der Waals surface area (Å²) >= 11 is 5.94. The van der Waals surface area contributed by atoms with Gasteiger partial charge in [-0.3, -0.25) is 9.36 Å². The number of carbonyl (C=O) groups is 1. The number of rotatable bonds is 3. The summed E-state index contributed by atoms with van der Waals surface area (Å²) in [5.41, 5.74) is 0.974. The molecular formula is C18H15ClN2O3. The van der Waals surface area contributed by atoms with Crippen LogP contribution in [0.1, 0.15) is 13.0 Å². The quantitative estimate of drug-likeness (QED) is 0.684. The van der Waals surface area contributed by atoms with Gasteiger partial charge in [0, 0.05) is 10.6 Å². The first kappa shape index (κ1) is 16.2. The highest BCUT2D eigenvalue weighted by atomic mass is 35.5.